The molecule has 4 unspecified atom stereocenters. The van der Waals surface area contributed by atoms with Crippen LogP contribution in [-0.2, 0) is 40.0 Å². The lowest BCUT2D eigenvalue weighted by atomic mass is 10.0. The Morgan fingerprint density at radius 3 is 2.00 bits per heavy atom. The normalized spacial score (nSPS) is 13.8. The number of primary amides is 1. The topological polar surface area (TPSA) is 284 Å². The molecule has 2 rings (SSSR count). The minimum atomic E-state index is -1.83. The standard InChI is InChI=1S/C25H32N6O10/c26-14(5-8-20(33)34)22(37)30-17(9-12-11-28-15-4-2-1-3-13(12)15)24(39)29-16(6-7-19(27)32)23(38)31-18(25(40)41)10-21(35)36/h1-4,11,14,16-18,28H,5-10,26H2,(H2,27,32)(H,29,39)(H,30,37)(H,31,38)(H,33,34)(H,35,36)(H,40,41). The maximum Gasteiger partial charge on any atom is 0.326 e. The van der Waals surface area contributed by atoms with Gasteiger partial charge in [-0.05, 0) is 24.5 Å². The van der Waals surface area contributed by atoms with Crippen LogP contribution in [0.25, 0.3) is 10.9 Å². The molecule has 11 N–H and O–H groups in total. The summed E-state index contributed by atoms with van der Waals surface area (Å²) in [7, 11) is 0. The molecule has 0 fully saturated rings. The summed E-state index contributed by atoms with van der Waals surface area (Å²) >= 11 is 0. The number of rotatable bonds is 17. The number of nitrogens with one attached hydrogen (secondary N) is 4. The molecule has 41 heavy (non-hydrogen) atoms. The van der Waals surface area contributed by atoms with Crippen molar-refractivity contribution in [2.24, 2.45) is 11.5 Å². The number of carboxylic acids is 3. The summed E-state index contributed by atoms with van der Waals surface area (Å²) in [5.41, 5.74) is 12.3. The van der Waals surface area contributed by atoms with E-state index in [1.54, 1.807) is 30.5 Å². The van der Waals surface area contributed by atoms with Gasteiger partial charge in [-0.2, -0.15) is 0 Å². The van der Waals surface area contributed by atoms with Gasteiger partial charge in [-0.3, -0.25) is 28.8 Å². The van der Waals surface area contributed by atoms with Crippen molar-refractivity contribution in [2.75, 3.05) is 0 Å². The number of carboxylic acid groups (broad SMARTS) is 3. The smallest absolute Gasteiger partial charge is 0.326 e. The number of aromatic nitrogens is 1. The lowest BCUT2D eigenvalue weighted by Crippen LogP contribution is -2.57. The van der Waals surface area contributed by atoms with Crippen LogP contribution >= 0.6 is 0 Å². The van der Waals surface area contributed by atoms with Gasteiger partial charge in [-0.15, -0.1) is 0 Å². The first-order chi connectivity index (χ1) is 19.3. The first-order valence-corrected chi connectivity index (χ1v) is 12.4. The summed E-state index contributed by atoms with van der Waals surface area (Å²) < 4.78 is 0. The third-order valence-corrected chi connectivity index (χ3v) is 6.04. The van der Waals surface area contributed by atoms with Crippen LogP contribution in [0.2, 0.25) is 0 Å². The average Bonchev–Trinajstić information content (AvgIpc) is 3.30. The van der Waals surface area contributed by atoms with Crippen molar-refractivity contribution in [1.82, 2.24) is 20.9 Å². The Labute approximate surface area is 232 Å². The Balaban J connectivity index is 2.32. The Bertz CT molecular complexity index is 1310. The number of H-pyrrole nitrogens is 1. The first kappa shape index (κ1) is 32.2. The number of fused-ring (bicyclic) bond motifs is 1. The molecular formula is C25H32N6O10. The van der Waals surface area contributed by atoms with Gasteiger partial charge in [0.1, 0.15) is 18.1 Å². The van der Waals surface area contributed by atoms with Gasteiger partial charge in [0.15, 0.2) is 0 Å². The lowest BCUT2D eigenvalue weighted by Gasteiger charge is -2.25. The van der Waals surface area contributed by atoms with Crippen molar-refractivity contribution in [2.45, 2.75) is 62.7 Å². The van der Waals surface area contributed by atoms with Gasteiger partial charge < -0.3 is 47.7 Å². The van der Waals surface area contributed by atoms with E-state index in [9.17, 15) is 38.7 Å². The molecule has 0 spiro atoms. The second-order valence-electron chi connectivity index (χ2n) is 9.23. The van der Waals surface area contributed by atoms with Crippen LogP contribution in [0.5, 0.6) is 0 Å². The summed E-state index contributed by atoms with van der Waals surface area (Å²) in [6, 6.07) is 1.11. The van der Waals surface area contributed by atoms with Crippen LogP contribution in [0, 0.1) is 0 Å². The fourth-order valence-electron chi connectivity index (χ4n) is 3.89. The number of aliphatic carboxylic acids is 3. The van der Waals surface area contributed by atoms with E-state index < -0.39 is 85.0 Å². The van der Waals surface area contributed by atoms with Gasteiger partial charge in [0.2, 0.25) is 23.6 Å². The first-order valence-electron chi connectivity index (χ1n) is 12.4. The molecule has 2 aromatic rings. The highest BCUT2D eigenvalue weighted by atomic mass is 16.4. The Kier molecular flexibility index (Phi) is 11.8. The molecule has 16 heteroatoms. The minimum Gasteiger partial charge on any atom is -0.481 e. The van der Waals surface area contributed by atoms with Crippen LogP contribution in [0.1, 0.15) is 37.7 Å². The zero-order valence-electron chi connectivity index (χ0n) is 21.8. The number of amides is 4. The molecule has 0 saturated carbocycles. The van der Waals surface area contributed by atoms with E-state index in [4.69, 9.17) is 21.7 Å². The Morgan fingerprint density at radius 2 is 1.39 bits per heavy atom. The van der Waals surface area contributed by atoms with Crippen molar-refractivity contribution in [3.8, 4) is 0 Å². The molecule has 4 amide bonds. The molecule has 0 radical (unpaired) electrons. The molecule has 0 aliphatic carbocycles. The summed E-state index contributed by atoms with van der Waals surface area (Å²) in [5.74, 6) is -7.99. The van der Waals surface area contributed by atoms with Gasteiger partial charge in [0, 0.05) is 36.4 Å². The molecule has 4 atom stereocenters. The predicted molar refractivity (Wildman–Crippen MR) is 141 cm³/mol. The van der Waals surface area contributed by atoms with Crippen molar-refractivity contribution in [3.05, 3.63) is 36.0 Å². The van der Waals surface area contributed by atoms with E-state index >= 15 is 0 Å². The maximum absolute atomic E-state index is 13.4. The van der Waals surface area contributed by atoms with Gasteiger partial charge >= 0.3 is 17.9 Å². The second kappa shape index (κ2) is 15.0. The summed E-state index contributed by atoms with van der Waals surface area (Å²) in [4.78, 5) is 86.7. The number of carbonyl (C=O) groups excluding carboxylic acids is 4. The molecule has 0 aliphatic heterocycles. The minimum absolute atomic E-state index is 0.103. The van der Waals surface area contributed by atoms with E-state index in [1.807, 2.05) is 5.32 Å². The molecule has 16 nitrogen and oxygen atoms in total. The zero-order chi connectivity index (χ0) is 30.7. The van der Waals surface area contributed by atoms with E-state index in [0.29, 0.717) is 5.56 Å². The number of carbonyl (C=O) groups is 7. The molecule has 0 bridgehead atoms. The van der Waals surface area contributed by atoms with Crippen molar-refractivity contribution in [1.29, 1.82) is 0 Å². The number of nitrogens with two attached hydrogens (primary N) is 2. The Morgan fingerprint density at radius 1 is 0.780 bits per heavy atom. The number of benzene rings is 1. The third kappa shape index (κ3) is 10.2. The van der Waals surface area contributed by atoms with Crippen LogP contribution in [0.4, 0.5) is 0 Å². The molecule has 1 heterocycles. The largest absolute Gasteiger partial charge is 0.481 e. The third-order valence-electron chi connectivity index (χ3n) is 6.04. The highest BCUT2D eigenvalue weighted by Gasteiger charge is 2.32. The number of hydrogen-bond acceptors (Lipinski definition) is 8. The SMILES string of the molecule is NC(=O)CCC(NC(=O)C(Cc1c[nH]c2ccccc12)NC(=O)C(N)CCC(=O)O)C(=O)NC(CC(=O)O)C(=O)O. The molecule has 222 valence electrons. The van der Waals surface area contributed by atoms with Crippen LogP contribution in [-0.4, -0.2) is 86.0 Å². The fourth-order valence-corrected chi connectivity index (χ4v) is 3.89. The van der Waals surface area contributed by atoms with Crippen molar-refractivity contribution < 1.29 is 48.9 Å². The quantitative estimate of drug-likeness (QED) is 0.101. The molecule has 0 aliphatic rings. The highest BCUT2D eigenvalue weighted by molar-refractivity contribution is 5.95. The summed E-state index contributed by atoms with van der Waals surface area (Å²) in [5, 5.41) is 34.7. The van der Waals surface area contributed by atoms with Crippen LogP contribution < -0.4 is 27.4 Å². The number of hydrogen-bond donors (Lipinski definition) is 9. The molecule has 0 saturated heterocycles. The van der Waals surface area contributed by atoms with E-state index in [2.05, 4.69) is 15.6 Å². The number of para-hydroxylation sites is 1. The maximum atomic E-state index is 13.4. The van der Waals surface area contributed by atoms with E-state index in [1.165, 1.54) is 0 Å². The molecule has 1 aromatic heterocycles. The highest BCUT2D eigenvalue weighted by Crippen LogP contribution is 2.19. The predicted octanol–water partition coefficient (Wildman–Crippen LogP) is -1.82. The van der Waals surface area contributed by atoms with E-state index in [-0.39, 0.29) is 19.3 Å². The zero-order valence-corrected chi connectivity index (χ0v) is 21.8. The van der Waals surface area contributed by atoms with Crippen molar-refractivity contribution >= 4 is 52.4 Å². The van der Waals surface area contributed by atoms with Gasteiger partial charge in [-0.1, -0.05) is 18.2 Å². The van der Waals surface area contributed by atoms with Gasteiger partial charge in [-0.25, -0.2) is 4.79 Å². The fraction of sp³-hybridized carbons (Fsp3) is 0.400. The average molecular weight is 577 g/mol. The Hall–Kier alpha value is -4.99. The summed E-state index contributed by atoms with van der Waals surface area (Å²) in [6.07, 6.45) is -0.815. The van der Waals surface area contributed by atoms with Gasteiger partial charge in [0.05, 0.1) is 12.5 Å². The lowest BCUT2D eigenvalue weighted by molar-refractivity contribution is -0.147. The van der Waals surface area contributed by atoms with Crippen LogP contribution in [0.3, 0.4) is 0 Å². The van der Waals surface area contributed by atoms with Gasteiger partial charge in [0.25, 0.3) is 0 Å². The second-order valence-corrected chi connectivity index (χ2v) is 9.23. The monoisotopic (exact) mass is 576 g/mol. The molecule has 1 aromatic carbocycles. The molecular weight excluding hydrogens is 544 g/mol. The number of aromatic amines is 1. The van der Waals surface area contributed by atoms with Crippen molar-refractivity contribution in [3.63, 3.8) is 0 Å². The summed E-state index contributed by atoms with van der Waals surface area (Å²) in [6.45, 7) is 0. The van der Waals surface area contributed by atoms with Crippen LogP contribution in [0.15, 0.2) is 30.5 Å². The van der Waals surface area contributed by atoms with E-state index in [0.717, 1.165) is 10.9 Å².